The SMILES string of the molecule is O=C(O)CCSc1n[nH]c2nc3ccccc3n12. The van der Waals surface area contributed by atoms with Gasteiger partial charge in [0.05, 0.1) is 17.5 Å². The number of aliphatic carboxylic acids is 1. The number of benzene rings is 1. The van der Waals surface area contributed by atoms with Crippen LogP contribution in [0.15, 0.2) is 29.4 Å². The molecular formula is C11H10N4O2S. The van der Waals surface area contributed by atoms with Crippen LogP contribution in [0.5, 0.6) is 0 Å². The summed E-state index contributed by atoms with van der Waals surface area (Å²) in [6.07, 6.45) is 0.117. The predicted octanol–water partition coefficient (Wildman–Crippen LogP) is 1.78. The molecule has 0 saturated heterocycles. The molecule has 0 unspecified atom stereocenters. The average molecular weight is 262 g/mol. The van der Waals surface area contributed by atoms with Gasteiger partial charge in [0.25, 0.3) is 0 Å². The molecule has 0 bridgehead atoms. The van der Waals surface area contributed by atoms with Crippen molar-refractivity contribution >= 4 is 34.5 Å². The quantitative estimate of drug-likeness (QED) is 0.700. The van der Waals surface area contributed by atoms with E-state index in [1.807, 2.05) is 28.7 Å². The van der Waals surface area contributed by atoms with Crippen LogP contribution in [-0.2, 0) is 4.79 Å². The van der Waals surface area contributed by atoms with Crippen molar-refractivity contribution in [1.29, 1.82) is 0 Å². The Morgan fingerprint density at radius 2 is 2.28 bits per heavy atom. The molecule has 0 amide bonds. The fourth-order valence-corrected chi connectivity index (χ4v) is 2.65. The van der Waals surface area contributed by atoms with Gasteiger partial charge in [-0.2, -0.15) is 0 Å². The number of hydrogen-bond donors (Lipinski definition) is 2. The van der Waals surface area contributed by atoms with Gasteiger partial charge >= 0.3 is 5.97 Å². The fourth-order valence-electron chi connectivity index (χ4n) is 1.77. The Bertz CT molecular complexity index is 718. The Kier molecular flexibility index (Phi) is 2.67. The van der Waals surface area contributed by atoms with Gasteiger partial charge in [-0.1, -0.05) is 23.9 Å². The first-order valence-electron chi connectivity index (χ1n) is 5.42. The summed E-state index contributed by atoms with van der Waals surface area (Å²) in [6, 6.07) is 7.77. The minimum Gasteiger partial charge on any atom is -0.481 e. The number of hydrogen-bond acceptors (Lipinski definition) is 4. The first kappa shape index (κ1) is 11.1. The highest BCUT2D eigenvalue weighted by molar-refractivity contribution is 7.99. The Labute approximate surface area is 106 Å². The van der Waals surface area contributed by atoms with Crippen molar-refractivity contribution < 1.29 is 9.90 Å². The lowest BCUT2D eigenvalue weighted by Gasteiger charge is -1.96. The summed E-state index contributed by atoms with van der Waals surface area (Å²) < 4.78 is 1.90. The van der Waals surface area contributed by atoms with Crippen molar-refractivity contribution in [1.82, 2.24) is 19.6 Å². The Morgan fingerprint density at radius 1 is 1.44 bits per heavy atom. The molecule has 92 valence electrons. The molecule has 0 radical (unpaired) electrons. The van der Waals surface area contributed by atoms with E-state index in [1.165, 1.54) is 11.8 Å². The Balaban J connectivity index is 1.99. The van der Waals surface area contributed by atoms with Gasteiger partial charge in [0.2, 0.25) is 5.78 Å². The zero-order valence-corrected chi connectivity index (χ0v) is 10.1. The molecule has 3 aromatic rings. The molecule has 2 N–H and O–H groups in total. The third-order valence-corrected chi connectivity index (χ3v) is 3.49. The van der Waals surface area contributed by atoms with Gasteiger partial charge in [0, 0.05) is 5.75 Å². The summed E-state index contributed by atoms with van der Waals surface area (Å²) in [5, 5.41) is 16.4. The number of fused-ring (bicyclic) bond motifs is 3. The lowest BCUT2D eigenvalue weighted by molar-refractivity contribution is -0.136. The van der Waals surface area contributed by atoms with Crippen molar-refractivity contribution in [3.8, 4) is 0 Å². The molecule has 0 saturated carbocycles. The van der Waals surface area contributed by atoms with Crippen LogP contribution >= 0.6 is 11.8 Å². The number of carbonyl (C=O) groups is 1. The topological polar surface area (TPSA) is 83.3 Å². The molecule has 0 aliphatic heterocycles. The van der Waals surface area contributed by atoms with Gasteiger partial charge in [0.15, 0.2) is 5.16 Å². The number of aromatic amines is 1. The van der Waals surface area contributed by atoms with E-state index in [4.69, 9.17) is 5.11 Å². The smallest absolute Gasteiger partial charge is 0.304 e. The van der Waals surface area contributed by atoms with Crippen molar-refractivity contribution in [3.05, 3.63) is 24.3 Å². The number of carboxylic acids is 1. The highest BCUT2D eigenvalue weighted by Crippen LogP contribution is 2.23. The Hall–Kier alpha value is -2.02. The number of para-hydroxylation sites is 2. The van der Waals surface area contributed by atoms with E-state index >= 15 is 0 Å². The summed E-state index contributed by atoms with van der Waals surface area (Å²) >= 11 is 1.40. The predicted molar refractivity (Wildman–Crippen MR) is 67.8 cm³/mol. The molecule has 18 heavy (non-hydrogen) atoms. The number of imidazole rings is 1. The maximum absolute atomic E-state index is 10.5. The number of carboxylic acid groups (broad SMARTS) is 1. The largest absolute Gasteiger partial charge is 0.481 e. The monoisotopic (exact) mass is 262 g/mol. The van der Waals surface area contributed by atoms with Crippen LogP contribution < -0.4 is 0 Å². The maximum atomic E-state index is 10.5. The molecule has 1 aromatic carbocycles. The van der Waals surface area contributed by atoms with Crippen molar-refractivity contribution in [2.24, 2.45) is 0 Å². The van der Waals surface area contributed by atoms with Crippen LogP contribution in [0.2, 0.25) is 0 Å². The van der Waals surface area contributed by atoms with E-state index in [0.717, 1.165) is 16.2 Å². The third-order valence-electron chi connectivity index (χ3n) is 2.55. The minimum absolute atomic E-state index is 0.117. The van der Waals surface area contributed by atoms with E-state index in [-0.39, 0.29) is 6.42 Å². The molecule has 6 nitrogen and oxygen atoms in total. The van der Waals surface area contributed by atoms with E-state index in [9.17, 15) is 4.79 Å². The lowest BCUT2D eigenvalue weighted by atomic mass is 10.3. The molecule has 0 atom stereocenters. The molecule has 2 aromatic heterocycles. The van der Waals surface area contributed by atoms with Crippen LogP contribution in [0.3, 0.4) is 0 Å². The second kappa shape index (κ2) is 4.34. The zero-order valence-electron chi connectivity index (χ0n) is 9.33. The van der Waals surface area contributed by atoms with Crippen molar-refractivity contribution in [2.45, 2.75) is 11.6 Å². The highest BCUT2D eigenvalue weighted by atomic mass is 32.2. The summed E-state index contributed by atoms with van der Waals surface area (Å²) in [7, 11) is 0. The lowest BCUT2D eigenvalue weighted by Crippen LogP contribution is -1.96. The molecular weight excluding hydrogens is 252 g/mol. The third kappa shape index (κ3) is 1.82. The molecule has 0 aliphatic rings. The summed E-state index contributed by atoms with van der Waals surface area (Å²) in [5.74, 6) is 0.362. The van der Waals surface area contributed by atoms with Gasteiger partial charge in [-0.25, -0.2) is 10.1 Å². The number of aromatic nitrogens is 4. The summed E-state index contributed by atoms with van der Waals surface area (Å²) in [6.45, 7) is 0. The van der Waals surface area contributed by atoms with E-state index < -0.39 is 5.97 Å². The number of nitrogens with zero attached hydrogens (tertiary/aromatic N) is 3. The van der Waals surface area contributed by atoms with Gasteiger partial charge < -0.3 is 5.11 Å². The number of thioether (sulfide) groups is 1. The minimum atomic E-state index is -0.801. The number of H-pyrrole nitrogens is 1. The van der Waals surface area contributed by atoms with Crippen molar-refractivity contribution in [3.63, 3.8) is 0 Å². The zero-order chi connectivity index (χ0) is 12.5. The van der Waals surface area contributed by atoms with Crippen LogP contribution in [0.4, 0.5) is 0 Å². The second-order valence-electron chi connectivity index (χ2n) is 3.76. The van der Waals surface area contributed by atoms with Crippen LogP contribution in [0, 0.1) is 0 Å². The fraction of sp³-hybridized carbons (Fsp3) is 0.182. The van der Waals surface area contributed by atoms with Crippen LogP contribution in [-0.4, -0.2) is 36.4 Å². The Morgan fingerprint density at radius 3 is 3.11 bits per heavy atom. The van der Waals surface area contributed by atoms with Gasteiger partial charge in [-0.3, -0.25) is 9.20 Å². The summed E-state index contributed by atoms with van der Waals surface area (Å²) in [4.78, 5) is 14.9. The molecule has 7 heteroatoms. The van der Waals surface area contributed by atoms with E-state index in [1.54, 1.807) is 0 Å². The molecule has 2 heterocycles. The van der Waals surface area contributed by atoms with Gasteiger partial charge in [-0.05, 0) is 12.1 Å². The van der Waals surface area contributed by atoms with Gasteiger partial charge in [0.1, 0.15) is 0 Å². The van der Waals surface area contributed by atoms with Crippen LogP contribution in [0.1, 0.15) is 6.42 Å². The van der Waals surface area contributed by atoms with E-state index in [2.05, 4.69) is 15.2 Å². The number of rotatable bonds is 4. The highest BCUT2D eigenvalue weighted by Gasteiger charge is 2.11. The molecule has 0 spiro atoms. The first-order chi connectivity index (χ1) is 8.75. The standard InChI is InChI=1S/C11H10N4O2S/c16-9(17)5-6-18-11-14-13-10-12-7-3-1-2-4-8(7)15(10)11/h1-4H,5-6H2,(H,12,13)(H,16,17). The maximum Gasteiger partial charge on any atom is 0.304 e. The second-order valence-corrected chi connectivity index (χ2v) is 4.82. The van der Waals surface area contributed by atoms with E-state index in [0.29, 0.717) is 11.5 Å². The van der Waals surface area contributed by atoms with Gasteiger partial charge in [-0.15, -0.1) is 5.10 Å². The van der Waals surface area contributed by atoms with Crippen molar-refractivity contribution in [2.75, 3.05) is 5.75 Å². The summed E-state index contributed by atoms with van der Waals surface area (Å²) in [5.41, 5.74) is 1.87. The molecule has 3 rings (SSSR count). The number of nitrogens with one attached hydrogen (secondary N) is 1. The van der Waals surface area contributed by atoms with Crippen LogP contribution in [0.25, 0.3) is 16.8 Å². The molecule has 0 fully saturated rings. The normalized spacial score (nSPS) is 11.3. The first-order valence-corrected chi connectivity index (χ1v) is 6.40. The molecule has 0 aliphatic carbocycles. The average Bonchev–Trinajstić information content (AvgIpc) is 2.88.